The molecule has 0 atom stereocenters. The third-order valence-corrected chi connectivity index (χ3v) is 6.31. The molecule has 144 valence electrons. The van der Waals surface area contributed by atoms with Gasteiger partial charge in [-0.15, -0.1) is 0 Å². The van der Waals surface area contributed by atoms with Crippen LogP contribution < -0.4 is 0 Å². The van der Waals surface area contributed by atoms with Gasteiger partial charge in [-0.1, -0.05) is 54.6 Å². The van der Waals surface area contributed by atoms with Gasteiger partial charge in [-0.2, -0.15) is 0 Å². The molecule has 0 radical (unpaired) electrons. The minimum absolute atomic E-state index is 0.297. The average molecular weight is 389 g/mol. The zero-order valence-electron chi connectivity index (χ0n) is 16.8. The number of furan rings is 2. The molecular weight excluding hydrogens is 370 g/mol. The molecule has 0 saturated carbocycles. The number of fused-ring (bicyclic) bond motifs is 12. The molecule has 0 fully saturated rings. The predicted molar refractivity (Wildman–Crippen MR) is 124 cm³/mol. The quantitative estimate of drug-likeness (QED) is 0.283. The Balaban J connectivity index is 1.96. The summed E-state index contributed by atoms with van der Waals surface area (Å²) in [6.45, 7) is 4.48. The average Bonchev–Trinajstić information content (AvgIpc) is 3.42. The second kappa shape index (κ2) is 5.45. The summed E-state index contributed by atoms with van der Waals surface area (Å²) in [4.78, 5) is 0. The van der Waals surface area contributed by atoms with Crippen LogP contribution in [0.25, 0.3) is 65.7 Å². The normalized spacial score (nSPS) is 12.6. The zero-order chi connectivity index (χ0) is 20.0. The van der Waals surface area contributed by atoms with Crippen LogP contribution in [-0.4, -0.2) is 4.57 Å². The Labute approximate surface area is 172 Å². The van der Waals surface area contributed by atoms with Crippen LogP contribution in [0, 0.1) is 0 Å². The van der Waals surface area contributed by atoms with E-state index in [-0.39, 0.29) is 0 Å². The maximum atomic E-state index is 6.50. The second-order valence-electron chi connectivity index (χ2n) is 8.31. The number of hydrogen-bond donors (Lipinski definition) is 0. The molecule has 0 aliphatic rings. The van der Waals surface area contributed by atoms with Crippen molar-refractivity contribution in [3.8, 4) is 0 Å². The van der Waals surface area contributed by atoms with Crippen molar-refractivity contribution < 1.29 is 8.83 Å². The molecule has 3 heterocycles. The molecule has 4 aromatic carbocycles. The van der Waals surface area contributed by atoms with E-state index in [4.69, 9.17) is 8.83 Å². The lowest BCUT2D eigenvalue weighted by Crippen LogP contribution is -2.00. The summed E-state index contributed by atoms with van der Waals surface area (Å²) in [6, 6.07) is 25.5. The lowest BCUT2D eigenvalue weighted by molar-refractivity contribution is 0.642. The topological polar surface area (TPSA) is 31.2 Å². The van der Waals surface area contributed by atoms with E-state index >= 15 is 0 Å². The second-order valence-corrected chi connectivity index (χ2v) is 8.31. The largest absolute Gasteiger partial charge is 0.455 e. The summed E-state index contributed by atoms with van der Waals surface area (Å²) in [5.41, 5.74) is 6.04. The molecule has 0 spiro atoms. The summed E-state index contributed by atoms with van der Waals surface area (Å²) in [5, 5.41) is 6.87. The summed E-state index contributed by atoms with van der Waals surface area (Å²) in [6.07, 6.45) is 0. The van der Waals surface area contributed by atoms with Crippen LogP contribution in [0.1, 0.15) is 19.9 Å². The molecule has 0 aliphatic carbocycles. The first-order chi connectivity index (χ1) is 14.7. The first-order valence-electron chi connectivity index (χ1n) is 10.4. The molecule has 0 N–H and O–H groups in total. The van der Waals surface area contributed by atoms with Crippen molar-refractivity contribution in [3.63, 3.8) is 0 Å². The van der Waals surface area contributed by atoms with Crippen molar-refractivity contribution in [2.24, 2.45) is 0 Å². The number of nitrogens with zero attached hydrogens (tertiary/aromatic N) is 1. The first kappa shape index (κ1) is 16.1. The van der Waals surface area contributed by atoms with E-state index in [1.54, 1.807) is 0 Å². The molecular formula is C27H19NO2. The molecule has 0 saturated heterocycles. The Bertz CT molecular complexity index is 1750. The molecule has 3 aromatic heterocycles. The first-order valence-corrected chi connectivity index (χ1v) is 10.4. The number of hydrogen-bond acceptors (Lipinski definition) is 2. The molecule has 30 heavy (non-hydrogen) atoms. The predicted octanol–water partition coefficient (Wildman–Crippen LogP) is 8.17. The third-order valence-electron chi connectivity index (χ3n) is 6.31. The van der Waals surface area contributed by atoms with E-state index in [0.29, 0.717) is 6.04 Å². The molecule has 3 nitrogen and oxygen atoms in total. The minimum Gasteiger partial charge on any atom is -0.455 e. The molecule has 0 aliphatic heterocycles. The van der Waals surface area contributed by atoms with Crippen LogP contribution in [0.2, 0.25) is 0 Å². The van der Waals surface area contributed by atoms with Crippen molar-refractivity contribution in [2.45, 2.75) is 19.9 Å². The number of benzene rings is 4. The smallest absolute Gasteiger partial charge is 0.149 e. The minimum atomic E-state index is 0.297. The van der Waals surface area contributed by atoms with Crippen LogP contribution in [0.4, 0.5) is 0 Å². The van der Waals surface area contributed by atoms with E-state index in [2.05, 4.69) is 73.0 Å². The van der Waals surface area contributed by atoms with Crippen molar-refractivity contribution in [1.29, 1.82) is 0 Å². The van der Waals surface area contributed by atoms with Gasteiger partial charge in [0, 0.05) is 27.7 Å². The van der Waals surface area contributed by atoms with Gasteiger partial charge < -0.3 is 13.4 Å². The molecule has 7 aromatic rings. The molecule has 3 heteroatoms. The highest BCUT2D eigenvalue weighted by atomic mass is 16.3. The number of para-hydroxylation sites is 3. The van der Waals surface area contributed by atoms with Crippen LogP contribution in [-0.2, 0) is 0 Å². The maximum Gasteiger partial charge on any atom is 0.149 e. The monoisotopic (exact) mass is 389 g/mol. The highest BCUT2D eigenvalue weighted by Gasteiger charge is 2.26. The number of rotatable bonds is 1. The van der Waals surface area contributed by atoms with Crippen LogP contribution in [0.15, 0.2) is 81.6 Å². The maximum absolute atomic E-state index is 6.50. The summed E-state index contributed by atoms with van der Waals surface area (Å²) in [7, 11) is 0. The van der Waals surface area contributed by atoms with Gasteiger partial charge in [-0.05, 0) is 32.0 Å². The van der Waals surface area contributed by atoms with Gasteiger partial charge in [0.2, 0.25) is 0 Å². The van der Waals surface area contributed by atoms with Crippen LogP contribution >= 0.6 is 0 Å². The van der Waals surface area contributed by atoms with E-state index in [0.717, 1.165) is 38.5 Å². The standard InChI is InChI=1S/C27H19NO2/c1-15(2)28-19-12-6-3-9-16(19)22-25(28)23-17-10-4-7-13-20(17)29-27(23)24-18-11-5-8-14-21(18)30-26(22)24/h3-15H,1-2H3. The number of aromatic nitrogens is 1. The lowest BCUT2D eigenvalue weighted by atomic mass is 10.0. The Morgan fingerprint density at radius 2 is 1.10 bits per heavy atom. The molecule has 0 amide bonds. The van der Waals surface area contributed by atoms with E-state index in [1.807, 2.05) is 18.2 Å². The fourth-order valence-corrected chi connectivity index (χ4v) is 5.18. The summed E-state index contributed by atoms with van der Waals surface area (Å²) in [5.74, 6) is 0. The highest BCUT2D eigenvalue weighted by molar-refractivity contribution is 6.37. The van der Waals surface area contributed by atoms with Crippen molar-refractivity contribution in [2.75, 3.05) is 0 Å². The van der Waals surface area contributed by atoms with E-state index < -0.39 is 0 Å². The van der Waals surface area contributed by atoms with Gasteiger partial charge in [-0.25, -0.2) is 0 Å². The van der Waals surface area contributed by atoms with Crippen LogP contribution in [0.3, 0.4) is 0 Å². The van der Waals surface area contributed by atoms with Gasteiger partial charge in [0.05, 0.1) is 21.7 Å². The summed E-state index contributed by atoms with van der Waals surface area (Å²) >= 11 is 0. The molecule has 0 bridgehead atoms. The van der Waals surface area contributed by atoms with Gasteiger partial charge >= 0.3 is 0 Å². The van der Waals surface area contributed by atoms with Gasteiger partial charge in [0.25, 0.3) is 0 Å². The van der Waals surface area contributed by atoms with Gasteiger partial charge in [-0.3, -0.25) is 0 Å². The molecule has 7 rings (SSSR count). The van der Waals surface area contributed by atoms with E-state index in [1.165, 1.54) is 27.2 Å². The van der Waals surface area contributed by atoms with Crippen molar-refractivity contribution in [1.82, 2.24) is 4.57 Å². The Kier molecular flexibility index (Phi) is 2.93. The fraction of sp³-hybridized carbons (Fsp3) is 0.111. The SMILES string of the molecule is CC(C)n1c2ccccc2c2c3oc4ccccc4c3c3oc4ccccc4c3c21. The fourth-order valence-electron chi connectivity index (χ4n) is 5.18. The Hall–Kier alpha value is -3.72. The Morgan fingerprint density at radius 1 is 0.600 bits per heavy atom. The van der Waals surface area contributed by atoms with Gasteiger partial charge in [0.15, 0.2) is 0 Å². The van der Waals surface area contributed by atoms with E-state index in [9.17, 15) is 0 Å². The Morgan fingerprint density at radius 3 is 1.73 bits per heavy atom. The van der Waals surface area contributed by atoms with Gasteiger partial charge in [0.1, 0.15) is 22.3 Å². The van der Waals surface area contributed by atoms with Crippen LogP contribution in [0.5, 0.6) is 0 Å². The van der Waals surface area contributed by atoms with Crippen molar-refractivity contribution in [3.05, 3.63) is 72.8 Å². The summed E-state index contributed by atoms with van der Waals surface area (Å²) < 4.78 is 15.4. The third kappa shape index (κ3) is 1.81. The molecule has 0 unspecified atom stereocenters. The lowest BCUT2D eigenvalue weighted by Gasteiger charge is -2.12. The van der Waals surface area contributed by atoms with Crippen molar-refractivity contribution >= 4 is 65.7 Å². The highest BCUT2D eigenvalue weighted by Crippen LogP contribution is 2.48. The zero-order valence-corrected chi connectivity index (χ0v) is 16.8.